The van der Waals surface area contributed by atoms with E-state index < -0.39 is 25.1 Å². The van der Waals surface area contributed by atoms with Gasteiger partial charge in [0.05, 0.1) is 0 Å². The van der Waals surface area contributed by atoms with Gasteiger partial charge in [-0.3, -0.25) is 9.36 Å². The molecule has 1 atom stereocenters. The van der Waals surface area contributed by atoms with Crippen molar-refractivity contribution < 1.29 is 24.3 Å². The number of carbonyl (C=O) groups is 1. The molecule has 0 radical (unpaired) electrons. The van der Waals surface area contributed by atoms with Gasteiger partial charge in [0.15, 0.2) is 5.66 Å². The molecular formula is C5H11O5P. The van der Waals surface area contributed by atoms with Crippen LogP contribution in [0.1, 0.15) is 13.8 Å². The Morgan fingerprint density at radius 3 is 1.73 bits per heavy atom. The molecule has 0 aromatic rings. The fraction of sp³-hybridized carbons (Fsp3) is 0.800. The average molecular weight is 182 g/mol. The van der Waals surface area contributed by atoms with Crippen molar-refractivity contribution in [3.05, 3.63) is 0 Å². The summed E-state index contributed by atoms with van der Waals surface area (Å²) in [5.74, 6) is -2.01. The lowest BCUT2D eigenvalue weighted by molar-refractivity contribution is -0.137. The molecule has 0 aliphatic carbocycles. The van der Waals surface area contributed by atoms with E-state index in [4.69, 9.17) is 14.9 Å². The van der Waals surface area contributed by atoms with E-state index >= 15 is 0 Å². The first-order chi connectivity index (χ1) is 4.76. The maximum atomic E-state index is 10.5. The maximum absolute atomic E-state index is 10.5. The molecule has 1 unspecified atom stereocenters. The second kappa shape index (κ2) is 3.34. The smallest absolute Gasteiger partial charge is 0.340 e. The van der Waals surface area contributed by atoms with Crippen LogP contribution in [0.4, 0.5) is 0 Å². The molecule has 0 aliphatic heterocycles. The summed E-state index contributed by atoms with van der Waals surface area (Å²) in [6.45, 7) is 2.91. The van der Waals surface area contributed by atoms with E-state index in [1.54, 1.807) is 0 Å². The lowest BCUT2D eigenvalue weighted by Gasteiger charge is -2.16. The van der Waals surface area contributed by atoms with Crippen LogP contribution in [-0.4, -0.2) is 26.5 Å². The Morgan fingerprint density at radius 2 is 1.73 bits per heavy atom. The number of hydrogen-bond acceptors (Lipinski definition) is 2. The molecule has 0 saturated heterocycles. The highest BCUT2D eigenvalue weighted by Gasteiger charge is 2.37. The minimum atomic E-state index is -4.49. The third kappa shape index (κ3) is 3.01. The Bertz CT molecular complexity index is 193. The van der Waals surface area contributed by atoms with Crippen LogP contribution >= 0.6 is 7.60 Å². The second-order valence-electron chi connectivity index (χ2n) is 2.62. The SMILES string of the molecule is CC(C)C(C(=O)O)P(=O)(O)O. The zero-order chi connectivity index (χ0) is 9.23. The standard InChI is InChI=1S/C5H11O5P/c1-3(2)4(5(6)7)11(8,9)10/h3-4H,1-2H3,(H,6,7)(H2,8,9,10). The number of aliphatic carboxylic acids is 1. The van der Waals surface area contributed by atoms with Crippen molar-refractivity contribution in [2.45, 2.75) is 19.5 Å². The summed E-state index contributed by atoms with van der Waals surface area (Å²) in [5.41, 5.74) is -1.58. The molecule has 0 aliphatic rings. The van der Waals surface area contributed by atoms with Gasteiger partial charge in [-0.2, -0.15) is 0 Å². The maximum Gasteiger partial charge on any atom is 0.340 e. The summed E-state index contributed by atoms with van der Waals surface area (Å²) in [5, 5.41) is 8.39. The van der Waals surface area contributed by atoms with E-state index in [1.165, 1.54) is 13.8 Å². The topological polar surface area (TPSA) is 94.8 Å². The predicted molar refractivity (Wildman–Crippen MR) is 38.3 cm³/mol. The fourth-order valence-corrected chi connectivity index (χ4v) is 1.88. The summed E-state index contributed by atoms with van der Waals surface area (Å²) in [6.07, 6.45) is 0. The van der Waals surface area contributed by atoms with Crippen molar-refractivity contribution in [1.29, 1.82) is 0 Å². The van der Waals surface area contributed by atoms with Crippen molar-refractivity contribution in [3.8, 4) is 0 Å². The van der Waals surface area contributed by atoms with Crippen LogP contribution in [0, 0.1) is 5.92 Å². The van der Waals surface area contributed by atoms with E-state index in [0.29, 0.717) is 0 Å². The molecule has 0 aromatic heterocycles. The number of carboxylic acids is 1. The Kier molecular flexibility index (Phi) is 3.23. The van der Waals surface area contributed by atoms with Crippen molar-refractivity contribution in [2.24, 2.45) is 5.92 Å². The molecule has 11 heavy (non-hydrogen) atoms. The number of hydrogen-bond donors (Lipinski definition) is 3. The molecule has 3 N–H and O–H groups in total. The Hall–Kier alpha value is -0.380. The Balaban J connectivity index is 4.63. The van der Waals surface area contributed by atoms with Gasteiger partial charge in [-0.15, -0.1) is 0 Å². The fourth-order valence-electron chi connectivity index (χ4n) is 0.817. The summed E-state index contributed by atoms with van der Waals surface area (Å²) < 4.78 is 10.5. The first kappa shape index (κ1) is 10.6. The van der Waals surface area contributed by atoms with Crippen LogP contribution in [0.2, 0.25) is 0 Å². The molecule has 5 nitrogen and oxygen atoms in total. The molecule has 0 fully saturated rings. The molecule has 0 amide bonds. The zero-order valence-corrected chi connectivity index (χ0v) is 7.15. The first-order valence-corrected chi connectivity index (χ1v) is 4.73. The van der Waals surface area contributed by atoms with Crippen LogP contribution in [-0.2, 0) is 9.36 Å². The quantitative estimate of drug-likeness (QED) is 0.544. The van der Waals surface area contributed by atoms with Crippen LogP contribution in [0.5, 0.6) is 0 Å². The van der Waals surface area contributed by atoms with Crippen LogP contribution in [0.25, 0.3) is 0 Å². The normalized spacial score (nSPS) is 15.0. The van der Waals surface area contributed by atoms with E-state index in [2.05, 4.69) is 0 Å². The number of rotatable bonds is 3. The predicted octanol–water partition coefficient (Wildman–Crippen LogP) is 0.273. The monoisotopic (exact) mass is 182 g/mol. The highest BCUT2D eigenvalue weighted by molar-refractivity contribution is 7.53. The molecule has 0 spiro atoms. The van der Waals surface area contributed by atoms with Crippen molar-refractivity contribution >= 4 is 13.6 Å². The summed E-state index contributed by atoms with van der Waals surface area (Å²) in [7, 11) is -4.49. The summed E-state index contributed by atoms with van der Waals surface area (Å²) in [6, 6.07) is 0. The van der Waals surface area contributed by atoms with Crippen molar-refractivity contribution in [1.82, 2.24) is 0 Å². The third-order valence-electron chi connectivity index (χ3n) is 1.25. The number of carboxylic acid groups (broad SMARTS) is 1. The summed E-state index contributed by atoms with van der Waals surface area (Å²) >= 11 is 0. The zero-order valence-electron chi connectivity index (χ0n) is 6.26. The molecule has 0 saturated carbocycles. The Morgan fingerprint density at radius 1 is 1.36 bits per heavy atom. The molecule has 0 heterocycles. The van der Waals surface area contributed by atoms with Crippen LogP contribution in [0.15, 0.2) is 0 Å². The van der Waals surface area contributed by atoms with Gasteiger partial charge in [0.1, 0.15) is 0 Å². The van der Waals surface area contributed by atoms with Crippen molar-refractivity contribution in [2.75, 3.05) is 0 Å². The van der Waals surface area contributed by atoms with E-state index in [1.807, 2.05) is 0 Å². The highest BCUT2D eigenvalue weighted by Crippen LogP contribution is 2.44. The van der Waals surface area contributed by atoms with E-state index in [0.717, 1.165) is 0 Å². The van der Waals surface area contributed by atoms with Gasteiger partial charge < -0.3 is 14.9 Å². The molecule has 0 rings (SSSR count). The van der Waals surface area contributed by atoms with E-state index in [9.17, 15) is 9.36 Å². The van der Waals surface area contributed by atoms with Gasteiger partial charge in [0.2, 0.25) is 0 Å². The summed E-state index contributed by atoms with van der Waals surface area (Å²) in [4.78, 5) is 27.4. The van der Waals surface area contributed by atoms with Gasteiger partial charge in [-0.1, -0.05) is 13.8 Å². The molecular weight excluding hydrogens is 171 g/mol. The van der Waals surface area contributed by atoms with Gasteiger partial charge in [0, 0.05) is 0 Å². The minimum Gasteiger partial charge on any atom is -0.481 e. The van der Waals surface area contributed by atoms with Gasteiger partial charge in [-0.05, 0) is 5.92 Å². The van der Waals surface area contributed by atoms with Gasteiger partial charge >= 0.3 is 13.6 Å². The molecule has 0 aromatic carbocycles. The second-order valence-corrected chi connectivity index (χ2v) is 4.35. The molecule has 6 heteroatoms. The largest absolute Gasteiger partial charge is 0.481 e. The lowest BCUT2D eigenvalue weighted by atomic mass is 10.1. The van der Waals surface area contributed by atoms with Gasteiger partial charge in [-0.25, -0.2) is 0 Å². The van der Waals surface area contributed by atoms with Crippen molar-refractivity contribution in [3.63, 3.8) is 0 Å². The van der Waals surface area contributed by atoms with Crippen LogP contribution < -0.4 is 0 Å². The van der Waals surface area contributed by atoms with Gasteiger partial charge in [0.25, 0.3) is 0 Å². The average Bonchev–Trinajstić information content (AvgIpc) is 1.54. The molecule has 0 bridgehead atoms. The van der Waals surface area contributed by atoms with E-state index in [-0.39, 0.29) is 0 Å². The third-order valence-corrected chi connectivity index (χ3v) is 2.79. The highest BCUT2D eigenvalue weighted by atomic mass is 31.2. The lowest BCUT2D eigenvalue weighted by Crippen LogP contribution is -2.25. The molecule has 66 valence electrons. The minimum absolute atomic E-state index is 0.562. The Labute approximate surface area is 64.2 Å². The first-order valence-electron chi connectivity index (χ1n) is 3.05. The van der Waals surface area contributed by atoms with Crippen LogP contribution in [0.3, 0.4) is 0 Å².